The third kappa shape index (κ3) is 3.08. The summed E-state index contributed by atoms with van der Waals surface area (Å²) in [6.45, 7) is 2.88. The molecular formula is C15H17N5O2. The van der Waals surface area contributed by atoms with E-state index in [1.807, 2.05) is 24.7 Å². The number of hydrogen-bond donors (Lipinski definition) is 1. The fourth-order valence-corrected chi connectivity index (χ4v) is 2.16. The fourth-order valence-electron chi connectivity index (χ4n) is 2.16. The van der Waals surface area contributed by atoms with Crippen LogP contribution in [0, 0.1) is 6.92 Å². The van der Waals surface area contributed by atoms with E-state index >= 15 is 0 Å². The molecule has 0 spiro atoms. The Balaban J connectivity index is 1.64. The van der Waals surface area contributed by atoms with Crippen molar-refractivity contribution < 1.29 is 9.84 Å². The molecule has 2 heterocycles. The lowest BCUT2D eigenvalue weighted by Gasteiger charge is -2.04. The van der Waals surface area contributed by atoms with E-state index < -0.39 is 0 Å². The van der Waals surface area contributed by atoms with Crippen LogP contribution in [0.15, 0.2) is 36.8 Å². The normalized spacial score (nSPS) is 10.8. The quantitative estimate of drug-likeness (QED) is 0.775. The van der Waals surface area contributed by atoms with E-state index in [9.17, 15) is 5.11 Å². The van der Waals surface area contributed by atoms with Gasteiger partial charge in [-0.15, -0.1) is 5.10 Å². The first-order chi connectivity index (χ1) is 10.6. The molecule has 0 aliphatic carbocycles. The summed E-state index contributed by atoms with van der Waals surface area (Å²) in [5.74, 6) is 0.768. The Morgan fingerprint density at radius 1 is 1.32 bits per heavy atom. The zero-order chi connectivity index (χ0) is 15.5. The highest BCUT2D eigenvalue weighted by molar-refractivity contribution is 5.31. The highest BCUT2D eigenvalue weighted by Crippen LogP contribution is 2.18. The summed E-state index contributed by atoms with van der Waals surface area (Å²) in [5.41, 5.74) is 2.80. The third-order valence-corrected chi connectivity index (χ3v) is 3.37. The molecule has 1 N–H and O–H groups in total. The standard InChI is InChI=1S/C15H17N5O2/c1-11-15(19(2)10-16-11)8-20-7-12(17-18-20)9-22-14-5-3-4-13(21)6-14/h3-7,10,21H,8-9H2,1-2H3. The third-order valence-electron chi connectivity index (χ3n) is 3.37. The van der Waals surface area contributed by atoms with Crippen molar-refractivity contribution in [2.45, 2.75) is 20.1 Å². The van der Waals surface area contributed by atoms with Gasteiger partial charge in [0, 0.05) is 13.1 Å². The number of phenolic OH excluding ortho intramolecular Hbond substituents is 1. The van der Waals surface area contributed by atoms with Crippen molar-refractivity contribution in [2.24, 2.45) is 7.05 Å². The highest BCUT2D eigenvalue weighted by atomic mass is 16.5. The molecule has 0 amide bonds. The molecule has 7 nitrogen and oxygen atoms in total. The predicted octanol–water partition coefficient (Wildman–Crippen LogP) is 1.65. The van der Waals surface area contributed by atoms with Crippen LogP contribution in [-0.4, -0.2) is 29.7 Å². The summed E-state index contributed by atoms with van der Waals surface area (Å²) in [5, 5.41) is 17.6. The van der Waals surface area contributed by atoms with Crippen molar-refractivity contribution in [1.29, 1.82) is 0 Å². The molecule has 0 unspecified atom stereocenters. The van der Waals surface area contributed by atoms with Gasteiger partial charge in [-0.1, -0.05) is 11.3 Å². The lowest BCUT2D eigenvalue weighted by Crippen LogP contribution is -2.06. The molecule has 2 aromatic heterocycles. The Kier molecular flexibility index (Phi) is 3.78. The second-order valence-corrected chi connectivity index (χ2v) is 5.08. The SMILES string of the molecule is Cc1ncn(C)c1Cn1cc(COc2cccc(O)c2)nn1. The molecule has 3 aromatic rings. The number of hydrogen-bond acceptors (Lipinski definition) is 5. The van der Waals surface area contributed by atoms with Gasteiger partial charge in [-0.25, -0.2) is 9.67 Å². The molecule has 1 aromatic carbocycles. The van der Waals surface area contributed by atoms with Gasteiger partial charge in [0.05, 0.1) is 30.5 Å². The van der Waals surface area contributed by atoms with Gasteiger partial charge in [0.25, 0.3) is 0 Å². The maximum atomic E-state index is 9.39. The number of nitrogens with zero attached hydrogens (tertiary/aromatic N) is 5. The number of ether oxygens (including phenoxy) is 1. The Morgan fingerprint density at radius 2 is 2.18 bits per heavy atom. The van der Waals surface area contributed by atoms with E-state index in [1.54, 1.807) is 35.3 Å². The molecule has 0 bridgehead atoms. The van der Waals surface area contributed by atoms with Gasteiger partial charge < -0.3 is 14.4 Å². The van der Waals surface area contributed by atoms with Crippen LogP contribution in [0.5, 0.6) is 11.5 Å². The molecule has 0 aliphatic rings. The minimum absolute atomic E-state index is 0.174. The lowest BCUT2D eigenvalue weighted by molar-refractivity contribution is 0.299. The molecule has 0 saturated carbocycles. The number of benzene rings is 1. The minimum Gasteiger partial charge on any atom is -0.508 e. The predicted molar refractivity (Wildman–Crippen MR) is 79.5 cm³/mol. The van der Waals surface area contributed by atoms with Gasteiger partial charge in [-0.05, 0) is 19.1 Å². The van der Waals surface area contributed by atoms with Crippen molar-refractivity contribution in [3.05, 3.63) is 53.9 Å². The summed E-state index contributed by atoms with van der Waals surface area (Å²) < 4.78 is 9.30. The zero-order valence-corrected chi connectivity index (χ0v) is 12.5. The Morgan fingerprint density at radius 3 is 2.91 bits per heavy atom. The van der Waals surface area contributed by atoms with Crippen LogP contribution in [0.4, 0.5) is 0 Å². The molecule has 22 heavy (non-hydrogen) atoms. The number of aromatic nitrogens is 5. The average molecular weight is 299 g/mol. The van der Waals surface area contributed by atoms with Crippen LogP contribution in [0.2, 0.25) is 0 Å². The molecular weight excluding hydrogens is 282 g/mol. The summed E-state index contributed by atoms with van der Waals surface area (Å²) in [4.78, 5) is 4.26. The van der Waals surface area contributed by atoms with Gasteiger partial charge >= 0.3 is 0 Å². The monoisotopic (exact) mass is 299 g/mol. The topological polar surface area (TPSA) is 78.0 Å². The zero-order valence-electron chi connectivity index (χ0n) is 12.5. The van der Waals surface area contributed by atoms with Crippen molar-refractivity contribution in [3.63, 3.8) is 0 Å². The van der Waals surface area contributed by atoms with Crippen LogP contribution in [0.1, 0.15) is 17.1 Å². The van der Waals surface area contributed by atoms with Crippen molar-refractivity contribution in [3.8, 4) is 11.5 Å². The molecule has 3 rings (SSSR count). The largest absolute Gasteiger partial charge is 0.508 e. The number of rotatable bonds is 5. The van der Waals surface area contributed by atoms with Crippen LogP contribution in [-0.2, 0) is 20.2 Å². The number of aromatic hydroxyl groups is 1. The van der Waals surface area contributed by atoms with Gasteiger partial charge in [0.15, 0.2) is 0 Å². The van der Waals surface area contributed by atoms with E-state index in [-0.39, 0.29) is 5.75 Å². The molecule has 0 saturated heterocycles. The summed E-state index contributed by atoms with van der Waals surface area (Å²) in [6.07, 6.45) is 3.63. The van der Waals surface area contributed by atoms with Crippen molar-refractivity contribution in [1.82, 2.24) is 24.5 Å². The van der Waals surface area contributed by atoms with Crippen LogP contribution in [0.3, 0.4) is 0 Å². The summed E-state index contributed by atoms with van der Waals surface area (Å²) >= 11 is 0. The molecule has 7 heteroatoms. The number of imidazole rings is 1. The van der Waals surface area contributed by atoms with Crippen molar-refractivity contribution in [2.75, 3.05) is 0 Å². The Labute approximate surface area is 127 Å². The maximum absolute atomic E-state index is 9.39. The number of aryl methyl sites for hydroxylation is 2. The van der Waals surface area contributed by atoms with E-state index in [0.29, 0.717) is 18.9 Å². The van der Waals surface area contributed by atoms with E-state index in [0.717, 1.165) is 17.1 Å². The first-order valence-corrected chi connectivity index (χ1v) is 6.89. The maximum Gasteiger partial charge on any atom is 0.134 e. The smallest absolute Gasteiger partial charge is 0.134 e. The Bertz CT molecular complexity index is 758. The second kappa shape index (κ2) is 5.88. The minimum atomic E-state index is 0.174. The van der Waals surface area contributed by atoms with Crippen LogP contribution < -0.4 is 4.74 Å². The lowest BCUT2D eigenvalue weighted by atomic mass is 10.3. The average Bonchev–Trinajstić information content (AvgIpc) is 3.07. The van der Waals surface area contributed by atoms with Gasteiger partial charge in [-0.2, -0.15) is 0 Å². The number of phenols is 1. The van der Waals surface area contributed by atoms with E-state index in [4.69, 9.17) is 4.74 Å². The first-order valence-electron chi connectivity index (χ1n) is 6.89. The van der Waals surface area contributed by atoms with Gasteiger partial charge in [-0.3, -0.25) is 0 Å². The van der Waals surface area contributed by atoms with E-state index in [1.165, 1.54) is 0 Å². The first kappa shape index (κ1) is 14.1. The van der Waals surface area contributed by atoms with Crippen molar-refractivity contribution >= 4 is 0 Å². The molecule has 0 radical (unpaired) electrons. The fraction of sp³-hybridized carbons (Fsp3) is 0.267. The molecule has 0 aliphatic heterocycles. The van der Waals surface area contributed by atoms with E-state index in [2.05, 4.69) is 15.3 Å². The van der Waals surface area contributed by atoms with Gasteiger partial charge in [0.1, 0.15) is 23.8 Å². The highest BCUT2D eigenvalue weighted by Gasteiger charge is 2.08. The molecule has 114 valence electrons. The van der Waals surface area contributed by atoms with Gasteiger partial charge in [0.2, 0.25) is 0 Å². The molecule has 0 atom stereocenters. The van der Waals surface area contributed by atoms with Crippen LogP contribution >= 0.6 is 0 Å². The van der Waals surface area contributed by atoms with Crippen LogP contribution in [0.25, 0.3) is 0 Å². The summed E-state index contributed by atoms with van der Waals surface area (Å²) in [6, 6.07) is 6.67. The second-order valence-electron chi connectivity index (χ2n) is 5.08. The summed E-state index contributed by atoms with van der Waals surface area (Å²) in [7, 11) is 1.96. The molecule has 0 fully saturated rings. The Hall–Kier alpha value is -2.83.